The Balaban J connectivity index is 1.35. The number of nitrogens with zero attached hydrogens (tertiary/aromatic N) is 4. The maximum absolute atomic E-state index is 14.3. The third-order valence-corrected chi connectivity index (χ3v) is 6.20. The zero-order valence-corrected chi connectivity index (χ0v) is 19.6. The molecule has 0 radical (unpaired) electrons. The van der Waals surface area contributed by atoms with E-state index in [9.17, 15) is 23.6 Å². The molecule has 186 valence electrons. The number of benzene rings is 1. The fourth-order valence-electron chi connectivity index (χ4n) is 4.36. The van der Waals surface area contributed by atoms with Crippen molar-refractivity contribution in [2.75, 3.05) is 6.54 Å². The van der Waals surface area contributed by atoms with E-state index in [4.69, 9.17) is 4.74 Å². The van der Waals surface area contributed by atoms with Crippen molar-refractivity contribution >= 4 is 29.3 Å². The van der Waals surface area contributed by atoms with E-state index in [0.29, 0.717) is 18.7 Å². The van der Waals surface area contributed by atoms with Gasteiger partial charge in [-0.05, 0) is 38.0 Å². The molecule has 3 aromatic rings. The smallest absolute Gasteiger partial charge is 0.315 e. The lowest BCUT2D eigenvalue weighted by Gasteiger charge is -2.21. The van der Waals surface area contributed by atoms with Crippen LogP contribution >= 0.6 is 0 Å². The number of halogens is 1. The Morgan fingerprint density at radius 3 is 2.78 bits per heavy atom. The average molecular weight is 494 g/mol. The molecule has 1 atom stereocenters. The Morgan fingerprint density at radius 1 is 1.22 bits per heavy atom. The molecular formula is C24H23FN6O5. The number of carbonyl (C=O) groups excluding carboxylic acids is 4. The molecule has 0 unspecified atom stereocenters. The normalized spacial score (nSPS) is 17.0. The zero-order chi connectivity index (χ0) is 25.6. The number of amides is 3. The highest BCUT2D eigenvalue weighted by atomic mass is 19.1. The van der Waals surface area contributed by atoms with Crippen molar-refractivity contribution in [3.05, 3.63) is 58.8 Å². The molecule has 12 heteroatoms. The SMILES string of the molecule is CC(C)N1CC[C@H](NC(=O)c2cc(C(=O)NCc3ccc4c(c3)CC(=O)O4)nc3c(F)cnn23)C1=O. The molecule has 2 aromatic heterocycles. The summed E-state index contributed by atoms with van der Waals surface area (Å²) < 4.78 is 20.4. The summed E-state index contributed by atoms with van der Waals surface area (Å²) in [6, 6.07) is 5.60. The first kappa shape index (κ1) is 23.4. The summed E-state index contributed by atoms with van der Waals surface area (Å²) in [6.07, 6.45) is 1.50. The Hall–Kier alpha value is -4.35. The second-order valence-electron chi connectivity index (χ2n) is 8.97. The van der Waals surface area contributed by atoms with Crippen molar-refractivity contribution in [2.24, 2.45) is 0 Å². The molecule has 0 spiro atoms. The van der Waals surface area contributed by atoms with Gasteiger partial charge in [-0.3, -0.25) is 19.2 Å². The van der Waals surface area contributed by atoms with Crippen molar-refractivity contribution in [1.82, 2.24) is 30.1 Å². The lowest BCUT2D eigenvalue weighted by molar-refractivity contribution is -0.132. The zero-order valence-electron chi connectivity index (χ0n) is 19.6. The predicted molar refractivity (Wildman–Crippen MR) is 123 cm³/mol. The molecule has 2 aliphatic heterocycles. The minimum Gasteiger partial charge on any atom is -0.426 e. The van der Waals surface area contributed by atoms with Crippen LogP contribution in [0.3, 0.4) is 0 Å². The fraction of sp³-hybridized carbons (Fsp3) is 0.333. The Morgan fingerprint density at radius 2 is 2.03 bits per heavy atom. The van der Waals surface area contributed by atoms with Gasteiger partial charge >= 0.3 is 5.97 Å². The van der Waals surface area contributed by atoms with Crippen LogP contribution < -0.4 is 15.4 Å². The molecule has 1 aromatic carbocycles. The van der Waals surface area contributed by atoms with Gasteiger partial charge in [0, 0.05) is 30.8 Å². The predicted octanol–water partition coefficient (Wildman–Crippen LogP) is 0.999. The standard InChI is InChI=1S/C24H23FN6O5/c1-12(2)30-6-5-16(24(30)35)29-23(34)18-9-17(28-21-15(25)11-27-31(18)21)22(33)26-10-13-3-4-19-14(7-13)8-20(32)36-19/h3-4,7,9,11-12,16H,5-6,8,10H2,1-2H3,(H,26,33)(H,29,34)/t16-/m0/s1. The van der Waals surface area contributed by atoms with Gasteiger partial charge in [-0.25, -0.2) is 13.9 Å². The number of rotatable bonds is 6. The molecule has 2 aliphatic rings. The highest BCUT2D eigenvalue weighted by molar-refractivity contribution is 6.00. The summed E-state index contributed by atoms with van der Waals surface area (Å²) in [5.74, 6) is -2.16. The molecule has 11 nitrogen and oxygen atoms in total. The highest BCUT2D eigenvalue weighted by Crippen LogP contribution is 2.26. The molecule has 1 fully saturated rings. The molecule has 4 heterocycles. The summed E-state index contributed by atoms with van der Waals surface area (Å²) in [6.45, 7) is 4.41. The van der Waals surface area contributed by atoms with Gasteiger partial charge in [0.1, 0.15) is 23.2 Å². The van der Waals surface area contributed by atoms with Gasteiger partial charge < -0.3 is 20.3 Å². The van der Waals surface area contributed by atoms with E-state index in [-0.39, 0.29) is 47.9 Å². The van der Waals surface area contributed by atoms with Gasteiger partial charge in [0.15, 0.2) is 11.5 Å². The topological polar surface area (TPSA) is 135 Å². The molecule has 5 rings (SSSR count). The number of likely N-dealkylation sites (tertiary alicyclic amines) is 1. The van der Waals surface area contributed by atoms with E-state index in [2.05, 4.69) is 20.7 Å². The van der Waals surface area contributed by atoms with E-state index in [1.165, 1.54) is 6.07 Å². The number of nitrogens with one attached hydrogen (secondary N) is 2. The van der Waals surface area contributed by atoms with Crippen LogP contribution in [0.25, 0.3) is 5.65 Å². The molecule has 0 aliphatic carbocycles. The summed E-state index contributed by atoms with van der Waals surface area (Å²) in [5, 5.41) is 9.22. The summed E-state index contributed by atoms with van der Waals surface area (Å²) in [7, 11) is 0. The van der Waals surface area contributed by atoms with Crippen LogP contribution in [0, 0.1) is 5.82 Å². The van der Waals surface area contributed by atoms with Gasteiger partial charge in [0.05, 0.1) is 12.6 Å². The first-order valence-electron chi connectivity index (χ1n) is 11.5. The van der Waals surface area contributed by atoms with E-state index in [1.54, 1.807) is 23.1 Å². The number of fused-ring (bicyclic) bond motifs is 2. The van der Waals surface area contributed by atoms with E-state index >= 15 is 0 Å². The van der Waals surface area contributed by atoms with Crippen LogP contribution in [0.5, 0.6) is 5.75 Å². The van der Waals surface area contributed by atoms with Crippen LogP contribution in [0.1, 0.15) is 52.4 Å². The minimum absolute atomic E-state index is 0.00114. The first-order chi connectivity index (χ1) is 17.2. The first-order valence-corrected chi connectivity index (χ1v) is 11.5. The maximum Gasteiger partial charge on any atom is 0.315 e. The monoisotopic (exact) mass is 494 g/mol. The number of aromatic nitrogens is 3. The van der Waals surface area contributed by atoms with Crippen molar-refractivity contribution in [3.63, 3.8) is 0 Å². The van der Waals surface area contributed by atoms with Gasteiger partial charge in [0.25, 0.3) is 11.8 Å². The van der Waals surface area contributed by atoms with Crippen LogP contribution in [0.15, 0.2) is 30.5 Å². The van der Waals surface area contributed by atoms with Crippen LogP contribution in [-0.4, -0.2) is 61.8 Å². The minimum atomic E-state index is -0.801. The van der Waals surface area contributed by atoms with Gasteiger partial charge in [-0.15, -0.1) is 0 Å². The molecular weight excluding hydrogens is 471 g/mol. The Bertz CT molecular complexity index is 1420. The molecule has 36 heavy (non-hydrogen) atoms. The van der Waals surface area contributed by atoms with E-state index in [0.717, 1.165) is 21.8 Å². The fourth-order valence-corrected chi connectivity index (χ4v) is 4.36. The molecule has 1 saturated heterocycles. The Kier molecular flexibility index (Phi) is 5.86. The largest absolute Gasteiger partial charge is 0.426 e. The third kappa shape index (κ3) is 4.25. The maximum atomic E-state index is 14.3. The lowest BCUT2D eigenvalue weighted by Crippen LogP contribution is -2.43. The number of carbonyl (C=O) groups is 4. The average Bonchev–Trinajstić information content (AvgIpc) is 3.52. The van der Waals surface area contributed by atoms with Crippen molar-refractivity contribution < 1.29 is 28.3 Å². The number of esters is 1. The van der Waals surface area contributed by atoms with Crippen molar-refractivity contribution in [3.8, 4) is 5.75 Å². The van der Waals surface area contributed by atoms with Crippen molar-refractivity contribution in [1.29, 1.82) is 0 Å². The van der Waals surface area contributed by atoms with Crippen molar-refractivity contribution in [2.45, 2.75) is 45.3 Å². The highest BCUT2D eigenvalue weighted by Gasteiger charge is 2.35. The molecule has 2 N–H and O–H groups in total. The number of hydrogen-bond acceptors (Lipinski definition) is 7. The summed E-state index contributed by atoms with van der Waals surface area (Å²) in [4.78, 5) is 55.7. The summed E-state index contributed by atoms with van der Waals surface area (Å²) >= 11 is 0. The second-order valence-corrected chi connectivity index (χ2v) is 8.97. The van der Waals surface area contributed by atoms with Gasteiger partial charge in [-0.2, -0.15) is 5.10 Å². The lowest BCUT2D eigenvalue weighted by atomic mass is 10.1. The van der Waals surface area contributed by atoms with E-state index in [1.807, 2.05) is 13.8 Å². The number of hydrogen-bond donors (Lipinski definition) is 2. The molecule has 3 amide bonds. The molecule has 0 saturated carbocycles. The van der Waals surface area contributed by atoms with Crippen LogP contribution in [0.2, 0.25) is 0 Å². The third-order valence-electron chi connectivity index (χ3n) is 6.20. The quantitative estimate of drug-likeness (QED) is 0.386. The Labute approximate surface area is 204 Å². The van der Waals surface area contributed by atoms with Gasteiger partial charge in [0.2, 0.25) is 5.91 Å². The van der Waals surface area contributed by atoms with E-state index < -0.39 is 23.7 Å². The van der Waals surface area contributed by atoms with Gasteiger partial charge in [-0.1, -0.05) is 6.07 Å². The number of ether oxygens (including phenoxy) is 1. The van der Waals surface area contributed by atoms with Crippen LogP contribution in [-0.2, 0) is 22.6 Å². The van der Waals surface area contributed by atoms with Crippen LogP contribution in [0.4, 0.5) is 4.39 Å². The summed E-state index contributed by atoms with van der Waals surface area (Å²) in [5.41, 5.74) is 0.849. The second kappa shape index (κ2) is 9.02. The molecule has 0 bridgehead atoms.